The Bertz CT molecular complexity index is 1540. The second kappa shape index (κ2) is 8.16. The smallest absolute Gasteiger partial charge is 0.261 e. The van der Waals surface area contributed by atoms with Crippen LogP contribution in [-0.4, -0.2) is 26.8 Å². The lowest BCUT2D eigenvalue weighted by Gasteiger charge is -2.06. The molecule has 3 N–H and O–H groups in total. The zero-order valence-corrected chi connectivity index (χ0v) is 17.7. The minimum absolute atomic E-state index is 0.101. The number of carbonyl (C=O) groups excluding carboxylic acids is 1. The third kappa shape index (κ3) is 3.89. The molecule has 0 saturated carbocycles. The number of halogens is 1. The lowest BCUT2D eigenvalue weighted by atomic mass is 10.2. The second-order valence-corrected chi connectivity index (χ2v) is 7.58. The molecule has 7 nitrogen and oxygen atoms in total. The molecule has 8 heteroatoms. The highest BCUT2D eigenvalue weighted by molar-refractivity contribution is 6.16. The van der Waals surface area contributed by atoms with Crippen molar-refractivity contribution >= 4 is 45.8 Å². The van der Waals surface area contributed by atoms with Gasteiger partial charge in [0, 0.05) is 5.69 Å². The van der Waals surface area contributed by atoms with Crippen molar-refractivity contribution in [1.29, 1.82) is 0 Å². The van der Waals surface area contributed by atoms with E-state index in [1.165, 1.54) is 23.0 Å². The van der Waals surface area contributed by atoms with Crippen molar-refractivity contribution in [2.75, 3.05) is 11.1 Å². The fourth-order valence-corrected chi connectivity index (χ4v) is 3.58. The number of aromatic nitrogens is 3. The number of benzene rings is 3. The monoisotopic (exact) mass is 438 g/mol. The van der Waals surface area contributed by atoms with Crippen LogP contribution in [-0.2, 0) is 0 Å². The summed E-state index contributed by atoms with van der Waals surface area (Å²) in [4.78, 5) is 22.6. The number of aryl methyl sites for hydroxylation is 1. The van der Waals surface area contributed by atoms with Crippen LogP contribution >= 0.6 is 0 Å². The van der Waals surface area contributed by atoms with Crippen molar-refractivity contribution in [3.05, 3.63) is 95.3 Å². The Kier molecular flexibility index (Phi) is 5.02. The first kappa shape index (κ1) is 20.3. The number of nitrogens with two attached hydrogens (primary N) is 1. The average Bonchev–Trinajstić information content (AvgIpc) is 3.07. The van der Waals surface area contributed by atoms with E-state index in [4.69, 9.17) is 5.73 Å². The van der Waals surface area contributed by atoms with Crippen LogP contribution in [0.2, 0.25) is 0 Å². The fraction of sp³-hybridized carbons (Fsp3) is 0.0400. The molecule has 2 heterocycles. The van der Waals surface area contributed by atoms with E-state index in [9.17, 15) is 9.18 Å². The number of hydrogen-bond donors (Lipinski definition) is 2. The number of amides is 1. The maximum absolute atomic E-state index is 13.3. The van der Waals surface area contributed by atoms with Crippen LogP contribution in [0.3, 0.4) is 0 Å². The van der Waals surface area contributed by atoms with Gasteiger partial charge in [-0.1, -0.05) is 36.4 Å². The highest BCUT2D eigenvalue weighted by atomic mass is 19.1. The minimum atomic E-state index is -0.414. The van der Waals surface area contributed by atoms with Gasteiger partial charge >= 0.3 is 0 Å². The van der Waals surface area contributed by atoms with Crippen LogP contribution in [0.25, 0.3) is 22.2 Å². The van der Waals surface area contributed by atoms with Gasteiger partial charge in [0.1, 0.15) is 22.7 Å². The number of nitrogen functional groups attached to an aromatic ring is 1. The van der Waals surface area contributed by atoms with Crippen LogP contribution in [0.5, 0.6) is 0 Å². The van der Waals surface area contributed by atoms with Crippen molar-refractivity contribution in [2.24, 2.45) is 5.10 Å². The summed E-state index contributed by atoms with van der Waals surface area (Å²) >= 11 is 0. The molecule has 5 rings (SSSR count). The van der Waals surface area contributed by atoms with Gasteiger partial charge in [-0.25, -0.2) is 14.4 Å². The van der Waals surface area contributed by atoms with Crippen molar-refractivity contribution in [2.45, 2.75) is 6.92 Å². The van der Waals surface area contributed by atoms with Crippen LogP contribution in [0.4, 0.5) is 15.9 Å². The number of rotatable bonds is 4. The summed E-state index contributed by atoms with van der Waals surface area (Å²) in [6.45, 7) is 1.94. The zero-order valence-electron chi connectivity index (χ0n) is 17.7. The van der Waals surface area contributed by atoms with E-state index < -0.39 is 5.91 Å². The van der Waals surface area contributed by atoms with E-state index >= 15 is 0 Å². The molecular weight excluding hydrogens is 419 g/mol. The van der Waals surface area contributed by atoms with Gasteiger partial charge in [-0.3, -0.25) is 4.79 Å². The molecule has 0 aliphatic carbocycles. The van der Waals surface area contributed by atoms with Gasteiger partial charge in [-0.15, -0.1) is 0 Å². The molecule has 162 valence electrons. The Hall–Kier alpha value is -4.59. The van der Waals surface area contributed by atoms with Crippen molar-refractivity contribution in [3.8, 4) is 0 Å². The molecule has 1 amide bonds. The van der Waals surface area contributed by atoms with Gasteiger partial charge in [0.15, 0.2) is 5.65 Å². The molecule has 0 spiro atoms. The summed E-state index contributed by atoms with van der Waals surface area (Å²) in [6, 6.07) is 20.7. The van der Waals surface area contributed by atoms with Crippen LogP contribution < -0.4 is 11.1 Å². The molecule has 0 saturated heterocycles. The predicted octanol–water partition coefficient (Wildman–Crippen LogP) is 4.75. The predicted molar refractivity (Wildman–Crippen MR) is 128 cm³/mol. The molecule has 0 fully saturated rings. The highest BCUT2D eigenvalue weighted by Gasteiger charge is 2.24. The van der Waals surface area contributed by atoms with Crippen LogP contribution in [0.15, 0.2) is 77.9 Å². The average molecular weight is 438 g/mol. The molecular formula is C25H19FN6O. The van der Waals surface area contributed by atoms with E-state index in [0.717, 1.165) is 5.56 Å². The molecule has 33 heavy (non-hydrogen) atoms. The molecule has 5 aromatic rings. The third-order valence-electron chi connectivity index (χ3n) is 5.17. The third-order valence-corrected chi connectivity index (χ3v) is 5.17. The number of anilines is 2. The summed E-state index contributed by atoms with van der Waals surface area (Å²) in [5.41, 5.74) is 10.9. The van der Waals surface area contributed by atoms with E-state index in [0.29, 0.717) is 33.4 Å². The summed E-state index contributed by atoms with van der Waals surface area (Å²) in [5, 5.41) is 7.31. The lowest BCUT2D eigenvalue weighted by molar-refractivity contribution is 0.102. The van der Waals surface area contributed by atoms with Gasteiger partial charge in [0.25, 0.3) is 5.91 Å². The SMILES string of the molecule is Cc1cccc(NC(=O)c2c(N)n(/N=C/c3ccc(F)cc3)c3nc4ccccc4nc23)c1. The molecule has 0 bridgehead atoms. The second-order valence-electron chi connectivity index (χ2n) is 7.58. The number of hydrogen-bond acceptors (Lipinski definition) is 5. The number of para-hydroxylation sites is 2. The normalized spacial score (nSPS) is 11.5. The van der Waals surface area contributed by atoms with Gasteiger partial charge in [-0.05, 0) is 54.4 Å². The zero-order chi connectivity index (χ0) is 22.9. The minimum Gasteiger partial charge on any atom is -0.383 e. The first-order valence-corrected chi connectivity index (χ1v) is 10.2. The summed E-state index contributed by atoms with van der Waals surface area (Å²) in [7, 11) is 0. The number of fused-ring (bicyclic) bond motifs is 2. The van der Waals surface area contributed by atoms with Gasteiger partial charge in [0.05, 0.1) is 17.2 Å². The molecule has 0 aliphatic heterocycles. The maximum atomic E-state index is 13.3. The first-order valence-electron chi connectivity index (χ1n) is 10.2. The molecule has 3 aromatic carbocycles. The quantitative estimate of drug-likeness (QED) is 0.396. The molecule has 0 radical (unpaired) electrons. The van der Waals surface area contributed by atoms with E-state index in [2.05, 4.69) is 20.4 Å². The van der Waals surface area contributed by atoms with E-state index in [1.54, 1.807) is 18.2 Å². The Morgan fingerprint density at radius 3 is 2.48 bits per heavy atom. The number of nitrogens with one attached hydrogen (secondary N) is 1. The van der Waals surface area contributed by atoms with Crippen molar-refractivity contribution in [3.63, 3.8) is 0 Å². The largest absolute Gasteiger partial charge is 0.383 e. The Morgan fingerprint density at radius 1 is 1.03 bits per heavy atom. The molecule has 2 aromatic heterocycles. The van der Waals surface area contributed by atoms with Gasteiger partial charge in [0.2, 0.25) is 0 Å². The summed E-state index contributed by atoms with van der Waals surface area (Å²) in [6.07, 6.45) is 1.52. The van der Waals surface area contributed by atoms with Crippen molar-refractivity contribution in [1.82, 2.24) is 14.6 Å². The topological polar surface area (TPSA) is 98.2 Å². The Balaban J connectivity index is 1.66. The highest BCUT2D eigenvalue weighted by Crippen LogP contribution is 2.28. The van der Waals surface area contributed by atoms with Crippen LogP contribution in [0, 0.1) is 12.7 Å². The summed E-state index contributed by atoms with van der Waals surface area (Å²) < 4.78 is 14.6. The van der Waals surface area contributed by atoms with Gasteiger partial charge in [-0.2, -0.15) is 9.78 Å². The molecule has 0 unspecified atom stereocenters. The first-order chi connectivity index (χ1) is 16.0. The molecule has 0 atom stereocenters. The Morgan fingerprint density at radius 2 is 1.76 bits per heavy atom. The standard InChI is InChI=1S/C25H19FN6O/c1-15-5-4-6-18(13-15)29-25(33)21-22-24(31-20-8-3-2-7-19(20)30-22)32(23(21)27)28-14-16-9-11-17(26)12-10-16/h2-14H,27H2,1H3,(H,29,33)/b28-14+. The number of carbonyl (C=O) groups is 1. The Labute approximate surface area is 188 Å². The lowest BCUT2D eigenvalue weighted by Crippen LogP contribution is -2.14. The fourth-order valence-electron chi connectivity index (χ4n) is 3.58. The van der Waals surface area contributed by atoms with Crippen LogP contribution in [0.1, 0.15) is 21.5 Å². The molecule has 0 aliphatic rings. The van der Waals surface area contributed by atoms with E-state index in [-0.39, 0.29) is 17.2 Å². The summed E-state index contributed by atoms with van der Waals surface area (Å²) in [5.74, 6) is -0.655. The number of nitrogens with zero attached hydrogens (tertiary/aromatic N) is 4. The van der Waals surface area contributed by atoms with E-state index in [1.807, 2.05) is 49.4 Å². The van der Waals surface area contributed by atoms with Crippen molar-refractivity contribution < 1.29 is 9.18 Å². The van der Waals surface area contributed by atoms with Gasteiger partial charge < -0.3 is 11.1 Å². The maximum Gasteiger partial charge on any atom is 0.261 e.